The standard InChI is InChI=1S/C11H24N2O3/c1-4-9(2)10(12)11(14)13-5-6-16-8-7-15-3/h9-10H,4-8,12H2,1-3H3,(H,13,14). The number of ether oxygens (including phenoxy) is 2. The molecule has 0 spiro atoms. The molecule has 0 radical (unpaired) electrons. The second-order valence-corrected chi connectivity index (χ2v) is 3.81. The largest absolute Gasteiger partial charge is 0.382 e. The highest BCUT2D eigenvalue weighted by molar-refractivity contribution is 5.81. The molecule has 0 saturated heterocycles. The number of methoxy groups -OCH3 is 1. The Bertz CT molecular complexity index is 188. The summed E-state index contributed by atoms with van der Waals surface area (Å²) in [6, 6.07) is -0.427. The number of amides is 1. The fourth-order valence-electron chi connectivity index (χ4n) is 1.12. The molecule has 1 amide bonds. The highest BCUT2D eigenvalue weighted by Gasteiger charge is 2.18. The van der Waals surface area contributed by atoms with Gasteiger partial charge in [-0.2, -0.15) is 0 Å². The summed E-state index contributed by atoms with van der Waals surface area (Å²) in [7, 11) is 1.62. The highest BCUT2D eigenvalue weighted by atomic mass is 16.5. The molecule has 0 aromatic heterocycles. The van der Waals surface area contributed by atoms with Crippen molar-refractivity contribution in [3.8, 4) is 0 Å². The number of nitrogens with one attached hydrogen (secondary N) is 1. The minimum Gasteiger partial charge on any atom is -0.382 e. The predicted molar refractivity (Wildman–Crippen MR) is 63.1 cm³/mol. The SMILES string of the molecule is CCC(C)C(N)C(=O)NCCOCCOC. The van der Waals surface area contributed by atoms with E-state index in [1.807, 2.05) is 13.8 Å². The molecule has 0 heterocycles. The van der Waals surface area contributed by atoms with Crippen LogP contribution in [0.1, 0.15) is 20.3 Å². The number of hydrogen-bond donors (Lipinski definition) is 2. The van der Waals surface area contributed by atoms with E-state index in [4.69, 9.17) is 15.2 Å². The summed E-state index contributed by atoms with van der Waals surface area (Å²) in [5.74, 6) is 0.0964. The Morgan fingerprint density at radius 1 is 1.38 bits per heavy atom. The summed E-state index contributed by atoms with van der Waals surface area (Å²) in [5, 5.41) is 2.74. The first-order valence-electron chi connectivity index (χ1n) is 5.73. The normalized spacial score (nSPS) is 14.5. The third-order valence-electron chi connectivity index (χ3n) is 2.54. The molecule has 0 saturated carbocycles. The first kappa shape index (κ1) is 15.3. The zero-order valence-electron chi connectivity index (χ0n) is 10.5. The molecule has 0 fully saturated rings. The van der Waals surface area contributed by atoms with Gasteiger partial charge in [-0.3, -0.25) is 4.79 Å². The maximum Gasteiger partial charge on any atom is 0.237 e. The van der Waals surface area contributed by atoms with E-state index in [1.165, 1.54) is 0 Å². The molecule has 96 valence electrons. The number of hydrogen-bond acceptors (Lipinski definition) is 4. The smallest absolute Gasteiger partial charge is 0.237 e. The number of nitrogens with two attached hydrogens (primary N) is 1. The molecule has 0 aliphatic rings. The van der Waals surface area contributed by atoms with Gasteiger partial charge in [0.2, 0.25) is 5.91 Å². The Labute approximate surface area is 97.7 Å². The Morgan fingerprint density at radius 2 is 2.06 bits per heavy atom. The van der Waals surface area contributed by atoms with Crippen molar-refractivity contribution in [2.75, 3.05) is 33.5 Å². The summed E-state index contributed by atoms with van der Waals surface area (Å²) in [6.07, 6.45) is 0.902. The third kappa shape index (κ3) is 6.76. The van der Waals surface area contributed by atoms with Crippen LogP contribution in [-0.4, -0.2) is 45.4 Å². The van der Waals surface area contributed by atoms with Gasteiger partial charge in [-0.25, -0.2) is 0 Å². The molecule has 0 rings (SSSR count). The van der Waals surface area contributed by atoms with Crippen molar-refractivity contribution in [2.45, 2.75) is 26.3 Å². The van der Waals surface area contributed by atoms with Gasteiger partial charge >= 0.3 is 0 Å². The lowest BCUT2D eigenvalue weighted by Gasteiger charge is -2.17. The van der Waals surface area contributed by atoms with E-state index >= 15 is 0 Å². The molecule has 5 nitrogen and oxygen atoms in total. The van der Waals surface area contributed by atoms with Gasteiger partial charge in [-0.1, -0.05) is 20.3 Å². The molecular formula is C11H24N2O3. The highest BCUT2D eigenvalue weighted by Crippen LogP contribution is 2.04. The van der Waals surface area contributed by atoms with Gasteiger partial charge in [0.15, 0.2) is 0 Å². The summed E-state index contributed by atoms with van der Waals surface area (Å²) in [4.78, 5) is 11.5. The average Bonchev–Trinajstić information content (AvgIpc) is 2.31. The van der Waals surface area contributed by atoms with E-state index in [0.29, 0.717) is 26.4 Å². The molecule has 0 aliphatic heterocycles. The Balaban J connectivity index is 3.50. The number of rotatable bonds is 9. The van der Waals surface area contributed by atoms with Gasteiger partial charge < -0.3 is 20.5 Å². The van der Waals surface area contributed by atoms with Crippen molar-refractivity contribution in [1.29, 1.82) is 0 Å². The van der Waals surface area contributed by atoms with Crippen molar-refractivity contribution in [3.63, 3.8) is 0 Å². The van der Waals surface area contributed by atoms with Crippen LogP contribution in [0.25, 0.3) is 0 Å². The summed E-state index contributed by atoms with van der Waals surface area (Å²) in [5.41, 5.74) is 5.76. The molecular weight excluding hydrogens is 208 g/mol. The monoisotopic (exact) mass is 232 g/mol. The lowest BCUT2D eigenvalue weighted by atomic mass is 9.99. The van der Waals surface area contributed by atoms with Crippen LogP contribution in [0.2, 0.25) is 0 Å². The van der Waals surface area contributed by atoms with Crippen LogP contribution in [0.4, 0.5) is 0 Å². The fraction of sp³-hybridized carbons (Fsp3) is 0.909. The Kier molecular flexibility index (Phi) is 9.18. The molecule has 0 aromatic carbocycles. The molecule has 16 heavy (non-hydrogen) atoms. The van der Waals surface area contributed by atoms with Gasteiger partial charge in [0.05, 0.1) is 25.9 Å². The van der Waals surface area contributed by atoms with Crippen molar-refractivity contribution in [1.82, 2.24) is 5.32 Å². The topological polar surface area (TPSA) is 73.6 Å². The van der Waals surface area contributed by atoms with E-state index in [1.54, 1.807) is 7.11 Å². The summed E-state index contributed by atoms with van der Waals surface area (Å²) < 4.78 is 10.0. The molecule has 0 aliphatic carbocycles. The fourth-order valence-corrected chi connectivity index (χ4v) is 1.12. The van der Waals surface area contributed by atoms with Crippen LogP contribution in [-0.2, 0) is 14.3 Å². The third-order valence-corrected chi connectivity index (χ3v) is 2.54. The molecule has 2 unspecified atom stereocenters. The molecule has 0 bridgehead atoms. The van der Waals surface area contributed by atoms with Gasteiger partial charge in [0.25, 0.3) is 0 Å². The van der Waals surface area contributed by atoms with Crippen LogP contribution in [0, 0.1) is 5.92 Å². The summed E-state index contributed by atoms with van der Waals surface area (Å²) in [6.45, 7) is 6.09. The summed E-state index contributed by atoms with van der Waals surface area (Å²) >= 11 is 0. The lowest BCUT2D eigenvalue weighted by Crippen LogP contribution is -2.45. The quantitative estimate of drug-likeness (QED) is 0.555. The molecule has 2 atom stereocenters. The van der Waals surface area contributed by atoms with E-state index in [9.17, 15) is 4.79 Å². The minimum atomic E-state index is -0.427. The van der Waals surface area contributed by atoms with Crippen LogP contribution >= 0.6 is 0 Å². The van der Waals surface area contributed by atoms with Gasteiger partial charge in [0, 0.05) is 13.7 Å². The second-order valence-electron chi connectivity index (χ2n) is 3.81. The predicted octanol–water partition coefficient (Wildman–Crippen LogP) is 0.139. The van der Waals surface area contributed by atoms with Crippen LogP contribution < -0.4 is 11.1 Å². The first-order valence-corrected chi connectivity index (χ1v) is 5.73. The zero-order chi connectivity index (χ0) is 12.4. The minimum absolute atomic E-state index is 0.107. The van der Waals surface area contributed by atoms with Gasteiger partial charge in [-0.15, -0.1) is 0 Å². The van der Waals surface area contributed by atoms with Crippen molar-refractivity contribution in [3.05, 3.63) is 0 Å². The molecule has 3 N–H and O–H groups in total. The van der Waals surface area contributed by atoms with Crippen LogP contribution in [0.3, 0.4) is 0 Å². The van der Waals surface area contributed by atoms with E-state index in [2.05, 4.69) is 5.32 Å². The van der Waals surface area contributed by atoms with Gasteiger partial charge in [-0.05, 0) is 5.92 Å². The average molecular weight is 232 g/mol. The molecule has 5 heteroatoms. The second kappa shape index (κ2) is 9.57. The maximum atomic E-state index is 11.5. The van der Waals surface area contributed by atoms with Crippen molar-refractivity contribution >= 4 is 5.91 Å². The first-order chi connectivity index (χ1) is 7.63. The van der Waals surface area contributed by atoms with Crippen molar-refractivity contribution in [2.24, 2.45) is 11.7 Å². The van der Waals surface area contributed by atoms with Crippen molar-refractivity contribution < 1.29 is 14.3 Å². The lowest BCUT2D eigenvalue weighted by molar-refractivity contribution is -0.123. The Hall–Kier alpha value is -0.650. The van der Waals surface area contributed by atoms with E-state index < -0.39 is 6.04 Å². The van der Waals surface area contributed by atoms with E-state index in [0.717, 1.165) is 6.42 Å². The van der Waals surface area contributed by atoms with Gasteiger partial charge in [0.1, 0.15) is 0 Å². The van der Waals surface area contributed by atoms with E-state index in [-0.39, 0.29) is 11.8 Å². The van der Waals surface area contributed by atoms with Crippen LogP contribution in [0.5, 0.6) is 0 Å². The maximum absolute atomic E-state index is 11.5. The number of carbonyl (C=O) groups excluding carboxylic acids is 1. The molecule has 0 aromatic rings. The zero-order valence-corrected chi connectivity index (χ0v) is 10.5. The number of carbonyl (C=O) groups is 1. The Morgan fingerprint density at radius 3 is 2.62 bits per heavy atom. The van der Waals surface area contributed by atoms with Crippen LogP contribution in [0.15, 0.2) is 0 Å².